The molecule has 1 heterocycles. The van der Waals surface area contributed by atoms with Gasteiger partial charge in [-0.25, -0.2) is 13.1 Å². The Morgan fingerprint density at radius 2 is 1.72 bits per heavy atom. The summed E-state index contributed by atoms with van der Waals surface area (Å²) in [4.78, 5) is 0.297. The van der Waals surface area contributed by atoms with Crippen LogP contribution in [0, 0.1) is 13.8 Å². The molecule has 130 valence electrons. The second-order valence-electron chi connectivity index (χ2n) is 6.09. The second kappa shape index (κ2) is 7.21. The summed E-state index contributed by atoms with van der Waals surface area (Å²) in [6.45, 7) is 4.83. The molecule has 0 saturated carbocycles. The van der Waals surface area contributed by atoms with Gasteiger partial charge >= 0.3 is 0 Å². The highest BCUT2D eigenvalue weighted by molar-refractivity contribution is 7.89. The molecule has 0 unspecified atom stereocenters. The van der Waals surface area contributed by atoms with E-state index in [0.717, 1.165) is 22.3 Å². The first-order valence-corrected chi connectivity index (χ1v) is 9.54. The highest BCUT2D eigenvalue weighted by atomic mass is 32.2. The molecular weight excluding hydrogens is 334 g/mol. The highest BCUT2D eigenvalue weighted by Gasteiger charge is 2.14. The van der Waals surface area contributed by atoms with Crippen molar-refractivity contribution in [3.05, 3.63) is 83.2 Å². The molecule has 5 nitrogen and oxygen atoms in total. The minimum atomic E-state index is -3.51. The third kappa shape index (κ3) is 4.35. The van der Waals surface area contributed by atoms with E-state index >= 15 is 0 Å². The van der Waals surface area contributed by atoms with Crippen molar-refractivity contribution in [1.29, 1.82) is 0 Å². The molecule has 0 aliphatic heterocycles. The van der Waals surface area contributed by atoms with E-state index in [4.69, 9.17) is 0 Å². The minimum absolute atomic E-state index is 0.261. The topological polar surface area (TPSA) is 64.0 Å². The lowest BCUT2D eigenvalue weighted by atomic mass is 10.1. The largest absolute Gasteiger partial charge is 0.268 e. The maximum atomic E-state index is 12.4. The van der Waals surface area contributed by atoms with E-state index in [1.807, 2.05) is 61.1 Å². The molecule has 0 saturated heterocycles. The van der Waals surface area contributed by atoms with Crippen LogP contribution in [0.4, 0.5) is 0 Å². The average molecular weight is 355 g/mol. The molecule has 0 aliphatic rings. The zero-order valence-electron chi connectivity index (χ0n) is 14.3. The van der Waals surface area contributed by atoms with Gasteiger partial charge in [0.25, 0.3) is 0 Å². The van der Waals surface area contributed by atoms with E-state index in [9.17, 15) is 8.42 Å². The van der Waals surface area contributed by atoms with Gasteiger partial charge in [-0.1, -0.05) is 30.3 Å². The molecule has 1 aromatic heterocycles. The van der Waals surface area contributed by atoms with Crippen molar-refractivity contribution in [2.24, 2.45) is 0 Å². The molecule has 0 bridgehead atoms. The second-order valence-corrected chi connectivity index (χ2v) is 7.86. The maximum absolute atomic E-state index is 12.4. The molecule has 0 spiro atoms. The van der Waals surface area contributed by atoms with Crippen molar-refractivity contribution in [3.8, 4) is 0 Å². The van der Waals surface area contributed by atoms with Gasteiger partial charge in [0.05, 0.1) is 11.4 Å². The number of aromatic nitrogens is 2. The van der Waals surface area contributed by atoms with Crippen LogP contribution >= 0.6 is 0 Å². The number of nitrogens with one attached hydrogen (secondary N) is 1. The van der Waals surface area contributed by atoms with Crippen molar-refractivity contribution in [2.75, 3.05) is 0 Å². The molecule has 3 rings (SSSR count). The van der Waals surface area contributed by atoms with Crippen LogP contribution in [-0.4, -0.2) is 18.2 Å². The number of hydrogen-bond donors (Lipinski definition) is 1. The van der Waals surface area contributed by atoms with Crippen molar-refractivity contribution < 1.29 is 8.42 Å². The Bertz CT molecular complexity index is 947. The van der Waals surface area contributed by atoms with Gasteiger partial charge in [-0.2, -0.15) is 5.10 Å². The van der Waals surface area contributed by atoms with Crippen LogP contribution in [-0.2, 0) is 23.1 Å². The molecule has 0 amide bonds. The van der Waals surface area contributed by atoms with Gasteiger partial charge in [0.15, 0.2) is 0 Å². The van der Waals surface area contributed by atoms with E-state index < -0.39 is 10.0 Å². The number of aryl methyl sites for hydroxylation is 2. The molecule has 0 radical (unpaired) electrons. The number of sulfonamides is 1. The van der Waals surface area contributed by atoms with Crippen molar-refractivity contribution in [3.63, 3.8) is 0 Å². The van der Waals surface area contributed by atoms with Crippen LogP contribution in [0.5, 0.6) is 0 Å². The highest BCUT2D eigenvalue weighted by Crippen LogP contribution is 2.15. The Morgan fingerprint density at radius 3 is 2.36 bits per heavy atom. The van der Waals surface area contributed by atoms with E-state index in [1.54, 1.807) is 18.3 Å². The number of rotatable bonds is 6. The lowest BCUT2D eigenvalue weighted by molar-refractivity contribution is 0.581. The number of nitrogens with zero attached hydrogens (tertiary/aromatic N) is 2. The fraction of sp³-hybridized carbons (Fsp3) is 0.211. The summed E-state index contributed by atoms with van der Waals surface area (Å²) in [5.74, 6) is 0. The SMILES string of the molecule is Cc1ccc(S(=O)(=O)NCc2ccc(Cn3cccn3)cc2)cc1C. The molecule has 1 N–H and O–H groups in total. The molecule has 25 heavy (non-hydrogen) atoms. The van der Waals surface area contributed by atoms with Crippen LogP contribution < -0.4 is 4.72 Å². The van der Waals surface area contributed by atoms with E-state index in [0.29, 0.717) is 11.4 Å². The van der Waals surface area contributed by atoms with E-state index in [-0.39, 0.29) is 6.54 Å². The normalized spacial score (nSPS) is 11.6. The Balaban J connectivity index is 1.65. The van der Waals surface area contributed by atoms with Gasteiger partial charge in [-0.3, -0.25) is 4.68 Å². The zero-order valence-corrected chi connectivity index (χ0v) is 15.1. The summed E-state index contributed by atoms with van der Waals surface area (Å²) in [6, 6.07) is 14.9. The number of hydrogen-bond acceptors (Lipinski definition) is 3. The van der Waals surface area contributed by atoms with Crippen molar-refractivity contribution in [1.82, 2.24) is 14.5 Å². The average Bonchev–Trinajstić information content (AvgIpc) is 3.10. The first kappa shape index (κ1) is 17.4. The van der Waals surface area contributed by atoms with Gasteiger partial charge in [0.2, 0.25) is 10.0 Å². The summed E-state index contributed by atoms with van der Waals surface area (Å²) in [7, 11) is -3.51. The number of benzene rings is 2. The van der Waals surface area contributed by atoms with E-state index in [1.165, 1.54) is 0 Å². The fourth-order valence-corrected chi connectivity index (χ4v) is 3.59. The van der Waals surface area contributed by atoms with Crippen LogP contribution in [0.2, 0.25) is 0 Å². The van der Waals surface area contributed by atoms with Gasteiger partial charge < -0.3 is 0 Å². The maximum Gasteiger partial charge on any atom is 0.240 e. The van der Waals surface area contributed by atoms with E-state index in [2.05, 4.69) is 9.82 Å². The monoisotopic (exact) mass is 355 g/mol. The Kier molecular flexibility index (Phi) is 5.01. The summed E-state index contributed by atoms with van der Waals surface area (Å²) in [5, 5.41) is 4.17. The Hall–Kier alpha value is -2.44. The van der Waals surface area contributed by atoms with Crippen molar-refractivity contribution in [2.45, 2.75) is 31.8 Å². The molecule has 6 heteroatoms. The smallest absolute Gasteiger partial charge is 0.240 e. The standard InChI is InChI=1S/C19H21N3O2S/c1-15-4-9-19(12-16(15)2)25(23,24)21-13-17-5-7-18(8-6-17)14-22-11-3-10-20-22/h3-12,21H,13-14H2,1-2H3. The van der Waals surface area contributed by atoms with Gasteiger partial charge in [0.1, 0.15) is 0 Å². The quantitative estimate of drug-likeness (QED) is 0.739. The lowest BCUT2D eigenvalue weighted by Gasteiger charge is -2.09. The van der Waals surface area contributed by atoms with Crippen LogP contribution in [0.3, 0.4) is 0 Å². The fourth-order valence-electron chi connectivity index (χ4n) is 2.49. The third-order valence-corrected chi connectivity index (χ3v) is 5.58. The van der Waals surface area contributed by atoms with Crippen molar-refractivity contribution >= 4 is 10.0 Å². The molecule has 0 atom stereocenters. The Labute approximate surface area is 148 Å². The first-order chi connectivity index (χ1) is 11.9. The van der Waals surface area contributed by atoms with Gasteiger partial charge in [0, 0.05) is 18.9 Å². The Morgan fingerprint density at radius 1 is 1.00 bits per heavy atom. The summed E-state index contributed by atoms with van der Waals surface area (Å²) in [5.41, 5.74) is 4.07. The summed E-state index contributed by atoms with van der Waals surface area (Å²) in [6.07, 6.45) is 3.65. The summed E-state index contributed by atoms with van der Waals surface area (Å²) >= 11 is 0. The van der Waals surface area contributed by atoms with Gasteiger partial charge in [-0.05, 0) is 54.3 Å². The minimum Gasteiger partial charge on any atom is -0.268 e. The summed E-state index contributed by atoms with van der Waals surface area (Å²) < 4.78 is 29.4. The third-order valence-electron chi connectivity index (χ3n) is 4.18. The van der Waals surface area contributed by atoms with Crippen LogP contribution in [0.25, 0.3) is 0 Å². The predicted octanol–water partition coefficient (Wildman–Crippen LogP) is 3.03. The van der Waals surface area contributed by atoms with Gasteiger partial charge in [-0.15, -0.1) is 0 Å². The molecule has 0 fully saturated rings. The molecule has 3 aromatic rings. The molecule has 2 aromatic carbocycles. The van der Waals surface area contributed by atoms with Crippen LogP contribution in [0.15, 0.2) is 65.8 Å². The first-order valence-electron chi connectivity index (χ1n) is 8.06. The molecule has 0 aliphatic carbocycles. The lowest BCUT2D eigenvalue weighted by Crippen LogP contribution is -2.23. The predicted molar refractivity (Wildman–Crippen MR) is 97.7 cm³/mol. The molecular formula is C19H21N3O2S. The van der Waals surface area contributed by atoms with Crippen LogP contribution in [0.1, 0.15) is 22.3 Å². The zero-order chi connectivity index (χ0) is 17.9.